The van der Waals surface area contributed by atoms with E-state index < -0.39 is 0 Å². The van der Waals surface area contributed by atoms with Crippen molar-refractivity contribution in [3.63, 3.8) is 0 Å². The standard InChI is InChI=1S/C19H18ClN5O/c1-12-17(14-6-8-21-22-10-14)23-24-18(12)19(26)25-9-7-15(11-25)13-2-4-16(20)5-3-13/h2-6,8,10,15H,7,9,11H2,1H3,(H,23,24). The van der Waals surface area contributed by atoms with E-state index in [4.69, 9.17) is 11.6 Å². The first-order valence-corrected chi connectivity index (χ1v) is 8.88. The molecule has 1 aliphatic heterocycles. The van der Waals surface area contributed by atoms with Gasteiger partial charge in [0, 0.05) is 35.2 Å². The molecule has 4 rings (SSSR count). The summed E-state index contributed by atoms with van der Waals surface area (Å²) in [6.45, 7) is 3.33. The van der Waals surface area contributed by atoms with E-state index in [2.05, 4.69) is 20.4 Å². The highest BCUT2D eigenvalue weighted by atomic mass is 35.5. The Morgan fingerprint density at radius 3 is 2.77 bits per heavy atom. The highest BCUT2D eigenvalue weighted by molar-refractivity contribution is 6.30. The van der Waals surface area contributed by atoms with E-state index >= 15 is 0 Å². The second-order valence-corrected chi connectivity index (χ2v) is 6.93. The van der Waals surface area contributed by atoms with Gasteiger partial charge in [0.2, 0.25) is 0 Å². The Morgan fingerprint density at radius 2 is 2.04 bits per heavy atom. The molecule has 1 fully saturated rings. The lowest BCUT2D eigenvalue weighted by molar-refractivity contribution is 0.0784. The third-order valence-corrected chi connectivity index (χ3v) is 5.15. The van der Waals surface area contributed by atoms with Crippen molar-refractivity contribution in [3.8, 4) is 11.3 Å². The lowest BCUT2D eigenvalue weighted by Gasteiger charge is -2.16. The van der Waals surface area contributed by atoms with E-state index in [1.807, 2.05) is 42.2 Å². The quantitative estimate of drug-likeness (QED) is 0.769. The fourth-order valence-electron chi connectivity index (χ4n) is 3.43. The Hall–Kier alpha value is -2.73. The van der Waals surface area contributed by atoms with Gasteiger partial charge >= 0.3 is 0 Å². The fourth-order valence-corrected chi connectivity index (χ4v) is 3.55. The maximum Gasteiger partial charge on any atom is 0.272 e. The monoisotopic (exact) mass is 367 g/mol. The average Bonchev–Trinajstić information content (AvgIpc) is 3.30. The molecule has 0 bridgehead atoms. The largest absolute Gasteiger partial charge is 0.337 e. The number of aromatic nitrogens is 4. The lowest BCUT2D eigenvalue weighted by Crippen LogP contribution is -2.29. The Kier molecular flexibility index (Phi) is 4.42. The predicted molar refractivity (Wildman–Crippen MR) is 99.1 cm³/mol. The molecule has 1 aliphatic rings. The Balaban J connectivity index is 1.52. The summed E-state index contributed by atoms with van der Waals surface area (Å²) in [4.78, 5) is 14.8. The molecule has 132 valence electrons. The molecule has 1 saturated heterocycles. The van der Waals surface area contributed by atoms with Crippen molar-refractivity contribution >= 4 is 17.5 Å². The van der Waals surface area contributed by atoms with Crippen LogP contribution < -0.4 is 0 Å². The normalized spacial score (nSPS) is 16.8. The minimum Gasteiger partial charge on any atom is -0.337 e. The van der Waals surface area contributed by atoms with Gasteiger partial charge in [-0.2, -0.15) is 15.3 Å². The molecule has 1 N–H and O–H groups in total. The topological polar surface area (TPSA) is 74.8 Å². The minimum absolute atomic E-state index is 0.0141. The number of amides is 1. The van der Waals surface area contributed by atoms with Crippen LogP contribution in [-0.2, 0) is 0 Å². The number of H-pyrrole nitrogens is 1. The van der Waals surface area contributed by atoms with Gasteiger partial charge < -0.3 is 4.90 Å². The summed E-state index contributed by atoms with van der Waals surface area (Å²) in [5, 5.41) is 15.6. The number of hydrogen-bond acceptors (Lipinski definition) is 4. The van der Waals surface area contributed by atoms with Crippen LogP contribution >= 0.6 is 11.6 Å². The third kappa shape index (κ3) is 3.08. The van der Waals surface area contributed by atoms with E-state index in [1.54, 1.807) is 12.4 Å². The molecule has 6 nitrogen and oxygen atoms in total. The number of benzene rings is 1. The molecule has 1 unspecified atom stereocenters. The number of halogens is 1. The SMILES string of the molecule is Cc1c(-c2ccnnc2)n[nH]c1C(=O)N1CCC(c2ccc(Cl)cc2)C1. The van der Waals surface area contributed by atoms with Crippen molar-refractivity contribution in [2.24, 2.45) is 0 Å². The van der Waals surface area contributed by atoms with Crippen LogP contribution in [0.25, 0.3) is 11.3 Å². The molecule has 3 heterocycles. The zero-order chi connectivity index (χ0) is 18.1. The smallest absolute Gasteiger partial charge is 0.272 e. The number of hydrogen-bond donors (Lipinski definition) is 1. The maximum atomic E-state index is 12.9. The summed E-state index contributed by atoms with van der Waals surface area (Å²) in [5.41, 5.74) is 4.16. The number of aromatic amines is 1. The summed E-state index contributed by atoms with van der Waals surface area (Å²) in [6, 6.07) is 9.70. The highest BCUT2D eigenvalue weighted by Gasteiger charge is 2.30. The fraction of sp³-hybridized carbons (Fsp3) is 0.263. The van der Waals surface area contributed by atoms with Gasteiger partial charge in [0.25, 0.3) is 5.91 Å². The second-order valence-electron chi connectivity index (χ2n) is 6.49. The average molecular weight is 368 g/mol. The van der Waals surface area contributed by atoms with Gasteiger partial charge in [-0.15, -0.1) is 0 Å². The van der Waals surface area contributed by atoms with Gasteiger partial charge in [-0.25, -0.2) is 0 Å². The van der Waals surface area contributed by atoms with Crippen molar-refractivity contribution in [1.29, 1.82) is 0 Å². The molecular formula is C19H18ClN5O. The molecule has 7 heteroatoms. The van der Waals surface area contributed by atoms with Crippen LogP contribution in [0.15, 0.2) is 42.7 Å². The van der Waals surface area contributed by atoms with Crippen molar-refractivity contribution in [3.05, 3.63) is 64.6 Å². The van der Waals surface area contributed by atoms with Gasteiger partial charge in [-0.3, -0.25) is 9.89 Å². The van der Waals surface area contributed by atoms with Gasteiger partial charge in [0.15, 0.2) is 0 Å². The van der Waals surface area contributed by atoms with Crippen molar-refractivity contribution < 1.29 is 4.79 Å². The highest BCUT2D eigenvalue weighted by Crippen LogP contribution is 2.30. The van der Waals surface area contributed by atoms with E-state index in [1.165, 1.54) is 5.56 Å². The maximum absolute atomic E-state index is 12.9. The number of nitrogens with one attached hydrogen (secondary N) is 1. The molecule has 26 heavy (non-hydrogen) atoms. The molecule has 0 saturated carbocycles. The Bertz CT molecular complexity index is 923. The zero-order valence-corrected chi connectivity index (χ0v) is 15.1. The van der Waals surface area contributed by atoms with Gasteiger partial charge in [-0.1, -0.05) is 23.7 Å². The van der Waals surface area contributed by atoms with Gasteiger partial charge in [0.1, 0.15) is 5.69 Å². The van der Waals surface area contributed by atoms with Crippen molar-refractivity contribution in [1.82, 2.24) is 25.3 Å². The van der Waals surface area contributed by atoms with Crippen LogP contribution in [0.2, 0.25) is 5.02 Å². The van der Waals surface area contributed by atoms with Crippen LogP contribution in [0.3, 0.4) is 0 Å². The Labute approximate surface area is 156 Å². The third-order valence-electron chi connectivity index (χ3n) is 4.90. The van der Waals surface area contributed by atoms with Crippen LogP contribution in [0.1, 0.15) is 34.0 Å². The summed E-state index contributed by atoms with van der Waals surface area (Å²) in [7, 11) is 0. The minimum atomic E-state index is -0.0141. The second kappa shape index (κ2) is 6.88. The first-order chi connectivity index (χ1) is 12.6. The van der Waals surface area contributed by atoms with E-state index in [9.17, 15) is 4.79 Å². The molecule has 1 aromatic carbocycles. The molecule has 1 amide bonds. The number of carbonyl (C=O) groups is 1. The summed E-state index contributed by atoms with van der Waals surface area (Å²) in [5.74, 6) is 0.322. The van der Waals surface area contributed by atoms with E-state index in [-0.39, 0.29) is 5.91 Å². The van der Waals surface area contributed by atoms with Crippen LogP contribution in [-0.4, -0.2) is 44.3 Å². The molecule has 2 aromatic heterocycles. The van der Waals surface area contributed by atoms with Crippen LogP contribution in [0.5, 0.6) is 0 Å². The molecule has 0 aliphatic carbocycles. The first-order valence-electron chi connectivity index (χ1n) is 8.50. The molecule has 3 aromatic rings. The summed E-state index contributed by atoms with van der Waals surface area (Å²) in [6.07, 6.45) is 4.20. The molecule has 0 radical (unpaired) electrons. The van der Waals surface area contributed by atoms with Crippen molar-refractivity contribution in [2.75, 3.05) is 13.1 Å². The number of likely N-dealkylation sites (tertiary alicyclic amines) is 1. The molecule has 0 spiro atoms. The van der Waals surface area contributed by atoms with E-state index in [0.717, 1.165) is 34.8 Å². The predicted octanol–water partition coefficient (Wildman–Crippen LogP) is 3.46. The first kappa shape index (κ1) is 16.7. The van der Waals surface area contributed by atoms with E-state index in [0.29, 0.717) is 18.2 Å². The molecule has 1 atom stereocenters. The van der Waals surface area contributed by atoms with Gasteiger partial charge in [-0.05, 0) is 37.1 Å². The molecular weight excluding hydrogens is 350 g/mol. The number of nitrogens with zero attached hydrogens (tertiary/aromatic N) is 4. The summed E-state index contributed by atoms with van der Waals surface area (Å²) < 4.78 is 0. The Morgan fingerprint density at radius 1 is 1.23 bits per heavy atom. The van der Waals surface area contributed by atoms with Gasteiger partial charge in [0.05, 0.1) is 18.1 Å². The summed E-state index contributed by atoms with van der Waals surface area (Å²) >= 11 is 5.96. The number of carbonyl (C=O) groups excluding carboxylic acids is 1. The zero-order valence-electron chi connectivity index (χ0n) is 14.3. The lowest BCUT2D eigenvalue weighted by atomic mass is 9.99. The number of rotatable bonds is 3. The van der Waals surface area contributed by atoms with Crippen LogP contribution in [0.4, 0.5) is 0 Å². The van der Waals surface area contributed by atoms with Crippen LogP contribution in [0, 0.1) is 6.92 Å². The van der Waals surface area contributed by atoms with Crippen molar-refractivity contribution in [2.45, 2.75) is 19.3 Å².